The molecule has 0 heterocycles. The molecule has 0 unspecified atom stereocenters. The van der Waals surface area contributed by atoms with Crippen LogP contribution in [-0.2, 0) is 20.6 Å². The van der Waals surface area contributed by atoms with Crippen molar-refractivity contribution >= 4 is 32.0 Å². The topological polar surface area (TPSA) is 35.5 Å². The fraction of sp³-hybridized carbons (Fsp3) is 0.318. The molecule has 144 valence electrons. The van der Waals surface area contributed by atoms with E-state index in [1.807, 2.05) is 42.5 Å². The van der Waals surface area contributed by atoms with Crippen LogP contribution in [-0.4, -0.2) is 14.3 Å². The summed E-state index contributed by atoms with van der Waals surface area (Å²) < 4.78 is 11.8. The van der Waals surface area contributed by atoms with Crippen LogP contribution in [0.25, 0.3) is 6.08 Å². The summed E-state index contributed by atoms with van der Waals surface area (Å²) in [5.74, 6) is -0.224. The Balaban J connectivity index is 2.25. The van der Waals surface area contributed by atoms with Gasteiger partial charge >= 0.3 is 5.97 Å². The van der Waals surface area contributed by atoms with Crippen molar-refractivity contribution in [3.8, 4) is 0 Å². The second-order valence-electron chi connectivity index (χ2n) is 7.98. The Hall–Kier alpha value is -2.04. The predicted octanol–water partition coefficient (Wildman–Crippen LogP) is 6.45. The summed E-state index contributed by atoms with van der Waals surface area (Å²) in [5, 5.41) is 0.608. The molecule has 0 fully saturated rings. The van der Waals surface area contributed by atoms with E-state index in [0.717, 1.165) is 11.1 Å². The van der Waals surface area contributed by atoms with Gasteiger partial charge in [0, 0.05) is 5.02 Å². The zero-order valence-corrected chi connectivity index (χ0v) is 18.3. The molecule has 0 saturated carbocycles. The van der Waals surface area contributed by atoms with Crippen LogP contribution in [0.4, 0.5) is 0 Å². The van der Waals surface area contributed by atoms with E-state index in [2.05, 4.69) is 33.9 Å². The summed E-state index contributed by atoms with van der Waals surface area (Å²) in [6.45, 7) is 10.8. The van der Waals surface area contributed by atoms with Crippen molar-refractivity contribution in [3.05, 3.63) is 76.5 Å². The molecule has 2 aromatic carbocycles. The van der Waals surface area contributed by atoms with Crippen LogP contribution >= 0.6 is 11.6 Å². The van der Waals surface area contributed by atoms with E-state index in [1.165, 1.54) is 0 Å². The first-order valence-electron chi connectivity index (χ1n) is 8.96. The smallest absolute Gasteiger partial charge is 0.372 e. The summed E-state index contributed by atoms with van der Waals surface area (Å²) in [6, 6.07) is 16.9. The third kappa shape index (κ3) is 6.26. The van der Waals surface area contributed by atoms with Crippen LogP contribution in [0.2, 0.25) is 23.2 Å². The molecule has 0 bridgehead atoms. The Bertz CT molecular complexity index is 791. The second kappa shape index (κ2) is 8.76. The fourth-order valence-electron chi connectivity index (χ4n) is 2.06. The van der Waals surface area contributed by atoms with Crippen LogP contribution < -0.4 is 0 Å². The Morgan fingerprint density at radius 1 is 1.04 bits per heavy atom. The molecule has 0 N–H and O–H groups in total. The molecule has 2 aromatic rings. The number of ether oxygens (including phenoxy) is 1. The first-order chi connectivity index (χ1) is 12.6. The molecule has 0 saturated heterocycles. The number of carbonyl (C=O) groups is 1. The van der Waals surface area contributed by atoms with Gasteiger partial charge in [0.1, 0.15) is 6.61 Å². The molecule has 2 rings (SSSR count). The lowest BCUT2D eigenvalue weighted by molar-refractivity contribution is -0.142. The molecule has 0 radical (unpaired) electrons. The molecule has 3 nitrogen and oxygen atoms in total. The Labute approximate surface area is 168 Å². The Kier molecular flexibility index (Phi) is 6.90. The minimum atomic E-state index is -2.20. The second-order valence-corrected chi connectivity index (χ2v) is 13.1. The first-order valence-corrected chi connectivity index (χ1v) is 12.2. The quantitative estimate of drug-likeness (QED) is 0.241. The average Bonchev–Trinajstić information content (AvgIpc) is 2.60. The van der Waals surface area contributed by atoms with Crippen LogP contribution in [0.15, 0.2) is 60.4 Å². The van der Waals surface area contributed by atoms with Gasteiger partial charge in [0.25, 0.3) is 8.32 Å². The monoisotopic (exact) mass is 402 g/mol. The maximum atomic E-state index is 12.8. The van der Waals surface area contributed by atoms with E-state index >= 15 is 0 Å². The van der Waals surface area contributed by atoms with Crippen molar-refractivity contribution in [2.75, 3.05) is 0 Å². The van der Waals surface area contributed by atoms with E-state index in [0.29, 0.717) is 5.02 Å². The maximum Gasteiger partial charge on any atom is 0.372 e. The highest BCUT2D eigenvalue weighted by Crippen LogP contribution is 2.38. The summed E-state index contributed by atoms with van der Waals surface area (Å²) in [6.07, 6.45) is 1.73. The Morgan fingerprint density at radius 2 is 1.63 bits per heavy atom. The van der Waals surface area contributed by atoms with Gasteiger partial charge in [-0.25, -0.2) is 4.79 Å². The molecule has 0 aliphatic carbocycles. The zero-order chi connectivity index (χ0) is 20.1. The van der Waals surface area contributed by atoms with Crippen LogP contribution in [0.5, 0.6) is 0 Å². The van der Waals surface area contributed by atoms with Crippen molar-refractivity contribution in [3.63, 3.8) is 0 Å². The highest BCUT2D eigenvalue weighted by Gasteiger charge is 2.40. The minimum absolute atomic E-state index is 0.0359. The highest BCUT2D eigenvalue weighted by molar-refractivity contribution is 6.74. The van der Waals surface area contributed by atoms with Gasteiger partial charge in [0.2, 0.25) is 0 Å². The van der Waals surface area contributed by atoms with Gasteiger partial charge in [-0.1, -0.05) is 74.8 Å². The van der Waals surface area contributed by atoms with Crippen LogP contribution in [0.3, 0.4) is 0 Å². The Morgan fingerprint density at radius 3 is 2.19 bits per heavy atom. The van der Waals surface area contributed by atoms with E-state index in [1.54, 1.807) is 18.2 Å². The van der Waals surface area contributed by atoms with Crippen LogP contribution in [0, 0.1) is 0 Å². The summed E-state index contributed by atoms with van der Waals surface area (Å²) in [4.78, 5) is 12.8. The maximum absolute atomic E-state index is 12.8. The van der Waals surface area contributed by atoms with Gasteiger partial charge in [0.05, 0.1) is 0 Å². The van der Waals surface area contributed by atoms with Crippen molar-refractivity contribution in [1.29, 1.82) is 0 Å². The van der Waals surface area contributed by atoms with E-state index in [9.17, 15) is 4.79 Å². The average molecular weight is 403 g/mol. The number of benzene rings is 2. The summed E-state index contributed by atoms with van der Waals surface area (Å²) >= 11 is 5.96. The number of rotatable bonds is 6. The van der Waals surface area contributed by atoms with E-state index in [4.69, 9.17) is 20.8 Å². The van der Waals surface area contributed by atoms with Crippen molar-refractivity contribution in [2.24, 2.45) is 0 Å². The fourth-order valence-corrected chi connectivity index (χ4v) is 3.19. The van der Waals surface area contributed by atoms with Gasteiger partial charge in [-0.3, -0.25) is 0 Å². The van der Waals surface area contributed by atoms with Crippen molar-refractivity contribution < 1.29 is 14.0 Å². The van der Waals surface area contributed by atoms with Crippen LogP contribution in [0.1, 0.15) is 31.9 Å². The van der Waals surface area contributed by atoms with Gasteiger partial charge < -0.3 is 9.16 Å². The zero-order valence-electron chi connectivity index (χ0n) is 16.6. The summed E-state index contributed by atoms with van der Waals surface area (Å²) in [7, 11) is -2.20. The molecule has 0 atom stereocenters. The molecule has 0 spiro atoms. The highest BCUT2D eigenvalue weighted by atomic mass is 35.5. The normalized spacial score (nSPS) is 12.6. The van der Waals surface area contributed by atoms with Gasteiger partial charge in [-0.2, -0.15) is 0 Å². The molecule has 0 amide bonds. The molecular formula is C22H27ClO3Si. The van der Waals surface area contributed by atoms with E-state index in [-0.39, 0.29) is 17.4 Å². The molecule has 5 heteroatoms. The lowest BCUT2D eigenvalue weighted by atomic mass is 10.2. The SMILES string of the molecule is CC(C)(C)[Si](C)(C)O/C(=C/c1ccc(Cl)cc1)C(=O)OCc1ccccc1. The lowest BCUT2D eigenvalue weighted by Crippen LogP contribution is -2.41. The third-order valence-corrected chi connectivity index (χ3v) is 9.35. The number of carbonyl (C=O) groups excluding carboxylic acids is 1. The minimum Gasteiger partial charge on any atom is -0.539 e. The molecular weight excluding hydrogens is 376 g/mol. The molecule has 0 aliphatic heterocycles. The number of hydrogen-bond donors (Lipinski definition) is 0. The molecule has 0 aromatic heterocycles. The third-order valence-electron chi connectivity index (χ3n) is 4.75. The van der Waals surface area contributed by atoms with Gasteiger partial charge in [-0.15, -0.1) is 0 Å². The summed E-state index contributed by atoms with van der Waals surface area (Å²) in [5.41, 5.74) is 1.77. The van der Waals surface area contributed by atoms with Crippen molar-refractivity contribution in [2.45, 2.75) is 45.5 Å². The molecule has 0 aliphatic rings. The molecule has 27 heavy (non-hydrogen) atoms. The number of hydrogen-bond acceptors (Lipinski definition) is 3. The number of halogens is 1. The first kappa shape index (κ1) is 21.3. The number of esters is 1. The largest absolute Gasteiger partial charge is 0.539 e. The van der Waals surface area contributed by atoms with E-state index < -0.39 is 14.3 Å². The predicted molar refractivity (Wildman–Crippen MR) is 114 cm³/mol. The van der Waals surface area contributed by atoms with Gasteiger partial charge in [-0.05, 0) is 47.5 Å². The lowest BCUT2D eigenvalue weighted by Gasteiger charge is -2.36. The van der Waals surface area contributed by atoms with Gasteiger partial charge in [0.15, 0.2) is 5.76 Å². The van der Waals surface area contributed by atoms with Crippen molar-refractivity contribution in [1.82, 2.24) is 0 Å². The standard InChI is InChI=1S/C22H27ClO3Si/c1-22(2,3)27(4,5)26-20(15-17-11-13-19(23)14-12-17)21(24)25-16-18-9-7-6-8-10-18/h6-15H,16H2,1-5H3/b20-15+.